The number of aliphatic carboxylic acids is 1. The SMILES string of the molecule is COc1ccc2cc(CCC(C)=O)ccc2c1C(=O)CCC(=O)O. The molecule has 0 aliphatic carbocycles. The molecule has 0 heterocycles. The average Bonchev–Trinajstić information content (AvgIpc) is 2.56. The molecule has 0 aliphatic rings. The summed E-state index contributed by atoms with van der Waals surface area (Å²) in [7, 11) is 1.48. The van der Waals surface area contributed by atoms with Gasteiger partial charge in [0.15, 0.2) is 5.78 Å². The molecule has 2 aromatic rings. The lowest BCUT2D eigenvalue weighted by Crippen LogP contribution is -2.06. The second-order valence-corrected chi connectivity index (χ2v) is 5.72. The van der Waals surface area contributed by atoms with Crippen molar-refractivity contribution in [3.63, 3.8) is 0 Å². The molecule has 0 unspecified atom stereocenters. The maximum Gasteiger partial charge on any atom is 0.303 e. The number of rotatable bonds is 8. The van der Waals surface area contributed by atoms with Crippen LogP contribution in [0.3, 0.4) is 0 Å². The standard InChI is InChI=1S/C19H20O5/c1-12(20)3-4-13-5-7-15-14(11-13)6-9-17(24-2)19(15)16(21)8-10-18(22)23/h5-7,9,11H,3-4,8,10H2,1-2H3,(H,22,23). The van der Waals surface area contributed by atoms with Crippen LogP contribution in [0.1, 0.15) is 42.1 Å². The molecule has 0 radical (unpaired) electrons. The number of carboxylic acid groups (broad SMARTS) is 1. The number of Topliss-reactive ketones (excluding diaryl/α,β-unsaturated/α-hetero) is 2. The van der Waals surface area contributed by atoms with Crippen LogP contribution >= 0.6 is 0 Å². The maximum absolute atomic E-state index is 12.5. The predicted molar refractivity (Wildman–Crippen MR) is 90.7 cm³/mol. The molecule has 0 fully saturated rings. The minimum absolute atomic E-state index is 0.0725. The van der Waals surface area contributed by atoms with E-state index in [1.807, 2.05) is 24.3 Å². The molecule has 0 aliphatic heterocycles. The normalized spacial score (nSPS) is 10.6. The molecule has 0 bridgehead atoms. The van der Waals surface area contributed by atoms with E-state index >= 15 is 0 Å². The monoisotopic (exact) mass is 328 g/mol. The van der Waals surface area contributed by atoms with E-state index < -0.39 is 5.97 Å². The third kappa shape index (κ3) is 4.19. The Hall–Kier alpha value is -2.69. The lowest BCUT2D eigenvalue weighted by molar-refractivity contribution is -0.137. The first-order valence-electron chi connectivity index (χ1n) is 7.76. The molecule has 24 heavy (non-hydrogen) atoms. The number of carboxylic acids is 1. The number of ether oxygens (including phenoxy) is 1. The first kappa shape index (κ1) is 17.7. The largest absolute Gasteiger partial charge is 0.496 e. The third-order valence-corrected chi connectivity index (χ3v) is 3.88. The molecule has 5 nitrogen and oxygen atoms in total. The molecule has 2 rings (SSSR count). The fourth-order valence-corrected chi connectivity index (χ4v) is 2.64. The number of aryl methyl sites for hydroxylation is 1. The first-order chi connectivity index (χ1) is 11.4. The van der Waals surface area contributed by atoms with Gasteiger partial charge >= 0.3 is 5.97 Å². The topological polar surface area (TPSA) is 80.7 Å². The zero-order valence-corrected chi connectivity index (χ0v) is 13.8. The van der Waals surface area contributed by atoms with Gasteiger partial charge in [0, 0.05) is 12.8 Å². The molecule has 2 aromatic carbocycles. The Labute approximate surface area is 140 Å². The van der Waals surface area contributed by atoms with Gasteiger partial charge in [-0.25, -0.2) is 0 Å². The van der Waals surface area contributed by atoms with Crippen LogP contribution in [0.25, 0.3) is 10.8 Å². The van der Waals surface area contributed by atoms with E-state index in [4.69, 9.17) is 9.84 Å². The minimum Gasteiger partial charge on any atom is -0.496 e. The number of hydrogen-bond acceptors (Lipinski definition) is 4. The molecule has 0 spiro atoms. The van der Waals surface area contributed by atoms with Crippen LogP contribution in [0.4, 0.5) is 0 Å². The van der Waals surface area contributed by atoms with Gasteiger partial charge in [-0.05, 0) is 35.7 Å². The summed E-state index contributed by atoms with van der Waals surface area (Å²) in [6, 6.07) is 9.25. The van der Waals surface area contributed by atoms with Gasteiger partial charge in [-0.2, -0.15) is 0 Å². The van der Waals surface area contributed by atoms with Crippen molar-refractivity contribution in [3.05, 3.63) is 41.5 Å². The highest BCUT2D eigenvalue weighted by Gasteiger charge is 2.17. The Morgan fingerprint density at radius 2 is 1.79 bits per heavy atom. The fourth-order valence-electron chi connectivity index (χ4n) is 2.64. The van der Waals surface area contributed by atoms with E-state index in [9.17, 15) is 14.4 Å². The highest BCUT2D eigenvalue weighted by molar-refractivity contribution is 6.11. The molecule has 1 N–H and O–H groups in total. The average molecular weight is 328 g/mol. The van der Waals surface area contributed by atoms with E-state index in [1.165, 1.54) is 7.11 Å². The Balaban J connectivity index is 2.41. The van der Waals surface area contributed by atoms with E-state index in [0.29, 0.717) is 24.2 Å². The van der Waals surface area contributed by atoms with Gasteiger partial charge in [-0.3, -0.25) is 9.59 Å². The molecule has 0 atom stereocenters. The number of ketones is 2. The quantitative estimate of drug-likeness (QED) is 0.751. The van der Waals surface area contributed by atoms with Crippen molar-refractivity contribution < 1.29 is 24.2 Å². The van der Waals surface area contributed by atoms with Crippen LogP contribution in [0.5, 0.6) is 5.75 Å². The maximum atomic E-state index is 12.5. The number of fused-ring (bicyclic) bond motifs is 1. The summed E-state index contributed by atoms with van der Waals surface area (Å²) in [5, 5.41) is 10.4. The van der Waals surface area contributed by atoms with Crippen molar-refractivity contribution in [2.45, 2.75) is 32.6 Å². The van der Waals surface area contributed by atoms with Crippen molar-refractivity contribution in [2.75, 3.05) is 7.11 Å². The van der Waals surface area contributed by atoms with Gasteiger partial charge in [-0.1, -0.05) is 24.3 Å². The molecule has 0 saturated carbocycles. The second-order valence-electron chi connectivity index (χ2n) is 5.72. The number of benzene rings is 2. The van der Waals surface area contributed by atoms with Gasteiger partial charge in [0.2, 0.25) is 0 Å². The van der Waals surface area contributed by atoms with Gasteiger partial charge in [0.1, 0.15) is 11.5 Å². The van der Waals surface area contributed by atoms with Crippen LogP contribution in [0, 0.1) is 0 Å². The Morgan fingerprint density at radius 3 is 2.42 bits per heavy atom. The molecule has 0 saturated heterocycles. The van der Waals surface area contributed by atoms with E-state index in [0.717, 1.165) is 16.3 Å². The summed E-state index contributed by atoms with van der Waals surface area (Å²) < 4.78 is 5.28. The summed E-state index contributed by atoms with van der Waals surface area (Å²) in [4.78, 5) is 34.3. The zero-order valence-electron chi connectivity index (χ0n) is 13.8. The lowest BCUT2D eigenvalue weighted by atomic mass is 9.95. The van der Waals surface area contributed by atoms with Gasteiger partial charge in [0.25, 0.3) is 0 Å². The van der Waals surface area contributed by atoms with Gasteiger partial charge < -0.3 is 14.6 Å². The number of methoxy groups -OCH3 is 1. The van der Waals surface area contributed by atoms with Gasteiger partial charge in [0.05, 0.1) is 19.1 Å². The molecule has 0 aromatic heterocycles. The zero-order chi connectivity index (χ0) is 17.7. The molecule has 0 amide bonds. The van der Waals surface area contributed by atoms with Crippen molar-refractivity contribution >= 4 is 28.3 Å². The Bertz CT molecular complexity index is 792. The highest BCUT2D eigenvalue weighted by Crippen LogP contribution is 2.30. The number of hydrogen-bond donors (Lipinski definition) is 1. The smallest absolute Gasteiger partial charge is 0.303 e. The van der Waals surface area contributed by atoms with Crippen LogP contribution in [-0.2, 0) is 16.0 Å². The van der Waals surface area contributed by atoms with Gasteiger partial charge in [-0.15, -0.1) is 0 Å². The van der Waals surface area contributed by atoms with Crippen molar-refractivity contribution in [2.24, 2.45) is 0 Å². The number of carbonyl (C=O) groups excluding carboxylic acids is 2. The Morgan fingerprint density at radius 1 is 1.04 bits per heavy atom. The molecule has 126 valence electrons. The second kappa shape index (κ2) is 7.73. The summed E-state index contributed by atoms with van der Waals surface area (Å²) >= 11 is 0. The van der Waals surface area contributed by atoms with Crippen LogP contribution in [0.2, 0.25) is 0 Å². The highest BCUT2D eigenvalue weighted by atomic mass is 16.5. The van der Waals surface area contributed by atoms with Crippen molar-refractivity contribution in [1.82, 2.24) is 0 Å². The summed E-state index contributed by atoms with van der Waals surface area (Å²) in [5.41, 5.74) is 1.43. The van der Waals surface area contributed by atoms with E-state index in [1.54, 1.807) is 13.0 Å². The van der Waals surface area contributed by atoms with Crippen molar-refractivity contribution in [3.8, 4) is 5.75 Å². The number of carbonyl (C=O) groups is 3. The molecular formula is C19H20O5. The van der Waals surface area contributed by atoms with Crippen molar-refractivity contribution in [1.29, 1.82) is 0 Å². The van der Waals surface area contributed by atoms with E-state index in [2.05, 4.69) is 0 Å². The third-order valence-electron chi connectivity index (χ3n) is 3.88. The summed E-state index contributed by atoms with van der Waals surface area (Å²) in [6.45, 7) is 1.56. The summed E-state index contributed by atoms with van der Waals surface area (Å²) in [6.07, 6.45) is 0.845. The predicted octanol–water partition coefficient (Wildman–Crippen LogP) is 3.42. The molecular weight excluding hydrogens is 308 g/mol. The van der Waals surface area contributed by atoms with Crippen LogP contribution in [0.15, 0.2) is 30.3 Å². The fraction of sp³-hybridized carbons (Fsp3) is 0.316. The summed E-state index contributed by atoms with van der Waals surface area (Å²) in [5.74, 6) is -0.686. The molecule has 5 heteroatoms. The first-order valence-corrected chi connectivity index (χ1v) is 7.76. The van der Waals surface area contributed by atoms with E-state index in [-0.39, 0.29) is 24.4 Å². The Kier molecular flexibility index (Phi) is 5.68. The minimum atomic E-state index is -1.01. The van der Waals surface area contributed by atoms with Crippen LogP contribution < -0.4 is 4.74 Å². The van der Waals surface area contributed by atoms with Crippen LogP contribution in [-0.4, -0.2) is 29.8 Å². The lowest BCUT2D eigenvalue weighted by Gasteiger charge is -2.12.